The van der Waals surface area contributed by atoms with Gasteiger partial charge in [-0.3, -0.25) is 0 Å². The zero-order chi connectivity index (χ0) is 18.6. The van der Waals surface area contributed by atoms with E-state index in [1.807, 2.05) is 36.4 Å². The predicted octanol–water partition coefficient (Wildman–Crippen LogP) is 4.17. The Balaban J connectivity index is 1.66. The fourth-order valence-electron chi connectivity index (χ4n) is 2.80. The first-order valence-electron chi connectivity index (χ1n) is 8.31. The van der Waals surface area contributed by atoms with Gasteiger partial charge in [-0.05, 0) is 40.8 Å². The first-order valence-corrected chi connectivity index (χ1v) is 9.19. The maximum absolute atomic E-state index is 10.7. The third-order valence-electron chi connectivity index (χ3n) is 4.04. The van der Waals surface area contributed by atoms with Gasteiger partial charge < -0.3 is 10.4 Å². The quantitative estimate of drug-likeness (QED) is 0.494. The molecule has 0 atom stereocenters. The summed E-state index contributed by atoms with van der Waals surface area (Å²) in [5, 5.41) is 18.7. The highest BCUT2D eigenvalue weighted by atomic mass is 32.1. The van der Waals surface area contributed by atoms with E-state index in [0.29, 0.717) is 0 Å². The first-order chi connectivity index (χ1) is 13.2. The van der Waals surface area contributed by atoms with Crippen molar-refractivity contribution in [3.63, 3.8) is 0 Å². The van der Waals surface area contributed by atoms with Crippen molar-refractivity contribution >= 4 is 34.8 Å². The lowest BCUT2D eigenvalue weighted by molar-refractivity contribution is -0.131. The van der Waals surface area contributed by atoms with E-state index in [-0.39, 0.29) is 0 Å². The Morgan fingerprint density at radius 2 is 2.19 bits per heavy atom. The monoisotopic (exact) mass is 376 g/mol. The Morgan fingerprint density at radius 1 is 1.26 bits per heavy atom. The summed E-state index contributed by atoms with van der Waals surface area (Å²) in [7, 11) is 0. The van der Waals surface area contributed by atoms with E-state index >= 15 is 0 Å². The number of aromatic nitrogens is 3. The molecule has 0 spiro atoms. The zero-order valence-corrected chi connectivity index (χ0v) is 15.1. The van der Waals surface area contributed by atoms with Gasteiger partial charge in [-0.1, -0.05) is 24.3 Å². The molecule has 0 aliphatic carbocycles. The maximum atomic E-state index is 10.7. The highest BCUT2D eigenvalue weighted by Crippen LogP contribution is 2.26. The third-order valence-corrected chi connectivity index (χ3v) is 4.92. The maximum Gasteiger partial charge on any atom is 0.328 e. The lowest BCUT2D eigenvalue weighted by Crippen LogP contribution is -2.04. The number of fused-ring (bicyclic) bond motifs is 1. The molecule has 1 aromatic carbocycles. The van der Waals surface area contributed by atoms with Crippen molar-refractivity contribution in [2.75, 3.05) is 5.32 Å². The number of thiophene rings is 1. The SMILES string of the molecule is O=C(O)/C=C/c1cccc(-c2cnn3c(NCc4cccs4)ccnc23)c1. The highest BCUT2D eigenvalue weighted by Gasteiger charge is 2.11. The molecule has 0 aliphatic heterocycles. The third kappa shape index (κ3) is 3.73. The Labute approximate surface area is 159 Å². The lowest BCUT2D eigenvalue weighted by atomic mass is 10.1. The molecule has 0 saturated carbocycles. The van der Waals surface area contributed by atoms with Gasteiger partial charge >= 0.3 is 5.97 Å². The number of carboxylic acid groups (broad SMARTS) is 1. The summed E-state index contributed by atoms with van der Waals surface area (Å²) in [6, 6.07) is 13.6. The van der Waals surface area contributed by atoms with Gasteiger partial charge in [0.05, 0.1) is 12.7 Å². The molecule has 3 aromatic heterocycles. The van der Waals surface area contributed by atoms with E-state index in [0.717, 1.165) is 40.8 Å². The second-order valence-corrected chi connectivity index (χ2v) is 6.89. The van der Waals surface area contributed by atoms with E-state index < -0.39 is 5.97 Å². The van der Waals surface area contributed by atoms with Gasteiger partial charge in [0.2, 0.25) is 0 Å². The molecule has 7 heteroatoms. The number of hydrogen-bond acceptors (Lipinski definition) is 5. The predicted molar refractivity (Wildman–Crippen MR) is 107 cm³/mol. The van der Waals surface area contributed by atoms with Crippen molar-refractivity contribution in [2.45, 2.75) is 6.54 Å². The number of benzene rings is 1. The molecule has 0 aliphatic rings. The fraction of sp³-hybridized carbons (Fsp3) is 0.0500. The molecule has 0 saturated heterocycles. The van der Waals surface area contributed by atoms with Crippen LogP contribution in [0.3, 0.4) is 0 Å². The van der Waals surface area contributed by atoms with Gasteiger partial charge in [0.15, 0.2) is 5.65 Å². The normalized spacial score (nSPS) is 11.3. The van der Waals surface area contributed by atoms with Crippen LogP contribution in [0.2, 0.25) is 0 Å². The summed E-state index contributed by atoms with van der Waals surface area (Å²) < 4.78 is 1.78. The minimum absolute atomic E-state index is 0.724. The van der Waals surface area contributed by atoms with Crippen LogP contribution >= 0.6 is 11.3 Å². The number of hydrogen-bond donors (Lipinski definition) is 2. The number of rotatable bonds is 6. The summed E-state index contributed by atoms with van der Waals surface area (Å²) in [5.74, 6) is -0.110. The van der Waals surface area contributed by atoms with Crippen LogP contribution in [0.15, 0.2) is 66.3 Å². The topological polar surface area (TPSA) is 79.5 Å². The van der Waals surface area contributed by atoms with Gasteiger partial charge in [0.1, 0.15) is 5.82 Å². The highest BCUT2D eigenvalue weighted by molar-refractivity contribution is 7.09. The molecule has 0 fully saturated rings. The van der Waals surface area contributed by atoms with Crippen LogP contribution in [0.4, 0.5) is 5.82 Å². The number of carbonyl (C=O) groups is 1. The molecule has 3 heterocycles. The summed E-state index contributed by atoms with van der Waals surface area (Å²) >= 11 is 1.70. The van der Waals surface area contributed by atoms with Crippen LogP contribution in [-0.4, -0.2) is 25.7 Å². The summed E-state index contributed by atoms with van der Waals surface area (Å²) in [6.07, 6.45) is 6.23. The largest absolute Gasteiger partial charge is 0.478 e. The molecule has 0 unspecified atom stereocenters. The number of aliphatic carboxylic acids is 1. The standard InChI is InChI=1S/C20H16N4O2S/c25-19(26)7-6-14-3-1-4-15(11-14)17-13-23-24-18(8-9-21-20(17)24)22-12-16-5-2-10-27-16/h1-11,13,22H,12H2,(H,25,26)/b7-6+. The number of carboxylic acids is 1. The second-order valence-electron chi connectivity index (χ2n) is 5.85. The minimum atomic E-state index is -0.973. The van der Waals surface area contributed by atoms with E-state index in [1.165, 1.54) is 4.88 Å². The van der Waals surface area contributed by atoms with Crippen molar-refractivity contribution in [1.29, 1.82) is 0 Å². The van der Waals surface area contributed by atoms with E-state index in [4.69, 9.17) is 5.11 Å². The number of anilines is 1. The Bertz CT molecular complexity index is 1120. The molecule has 4 rings (SSSR count). The molecule has 6 nitrogen and oxygen atoms in total. The Morgan fingerprint density at radius 3 is 3.00 bits per heavy atom. The first kappa shape index (κ1) is 17.0. The van der Waals surface area contributed by atoms with Crippen LogP contribution < -0.4 is 5.32 Å². The summed E-state index contributed by atoms with van der Waals surface area (Å²) in [6.45, 7) is 0.724. The molecular weight excluding hydrogens is 360 g/mol. The molecule has 0 bridgehead atoms. The molecule has 0 amide bonds. The van der Waals surface area contributed by atoms with Crippen molar-refractivity contribution in [3.05, 3.63) is 76.8 Å². The minimum Gasteiger partial charge on any atom is -0.478 e. The van der Waals surface area contributed by atoms with Crippen LogP contribution in [0, 0.1) is 0 Å². The Kier molecular flexibility index (Phi) is 4.67. The fourth-order valence-corrected chi connectivity index (χ4v) is 3.44. The number of nitrogens with zero attached hydrogens (tertiary/aromatic N) is 3. The van der Waals surface area contributed by atoms with E-state index in [1.54, 1.807) is 34.3 Å². The van der Waals surface area contributed by atoms with Gasteiger partial charge in [0, 0.05) is 22.7 Å². The van der Waals surface area contributed by atoms with Gasteiger partial charge in [0.25, 0.3) is 0 Å². The van der Waals surface area contributed by atoms with Crippen molar-refractivity contribution < 1.29 is 9.90 Å². The molecule has 27 heavy (non-hydrogen) atoms. The average Bonchev–Trinajstić information content (AvgIpc) is 3.35. The number of nitrogens with one attached hydrogen (secondary N) is 1. The molecular formula is C20H16N4O2S. The molecule has 2 N–H and O–H groups in total. The van der Waals surface area contributed by atoms with Crippen LogP contribution in [0.5, 0.6) is 0 Å². The molecule has 134 valence electrons. The van der Waals surface area contributed by atoms with Crippen molar-refractivity contribution in [1.82, 2.24) is 14.6 Å². The zero-order valence-electron chi connectivity index (χ0n) is 14.2. The molecule has 0 radical (unpaired) electrons. The van der Waals surface area contributed by atoms with Gasteiger partial charge in [-0.25, -0.2) is 9.78 Å². The van der Waals surface area contributed by atoms with Crippen LogP contribution in [-0.2, 0) is 11.3 Å². The molecule has 4 aromatic rings. The van der Waals surface area contributed by atoms with Crippen molar-refractivity contribution in [2.24, 2.45) is 0 Å². The van der Waals surface area contributed by atoms with Gasteiger partial charge in [-0.2, -0.15) is 9.61 Å². The van der Waals surface area contributed by atoms with Crippen LogP contribution in [0.25, 0.3) is 22.9 Å². The van der Waals surface area contributed by atoms with Gasteiger partial charge in [-0.15, -0.1) is 11.3 Å². The van der Waals surface area contributed by atoms with Crippen LogP contribution in [0.1, 0.15) is 10.4 Å². The van der Waals surface area contributed by atoms with E-state index in [9.17, 15) is 4.79 Å². The van der Waals surface area contributed by atoms with Crippen molar-refractivity contribution in [3.8, 4) is 11.1 Å². The van der Waals surface area contributed by atoms with E-state index in [2.05, 4.69) is 26.8 Å². The summed E-state index contributed by atoms with van der Waals surface area (Å²) in [5.41, 5.74) is 3.37. The average molecular weight is 376 g/mol. The summed E-state index contributed by atoms with van der Waals surface area (Å²) in [4.78, 5) is 16.4. The lowest BCUT2D eigenvalue weighted by Gasteiger charge is -2.07. The smallest absolute Gasteiger partial charge is 0.328 e. The second kappa shape index (κ2) is 7.43. The Hall–Kier alpha value is -3.45.